The molecule has 6 heteroatoms. The predicted molar refractivity (Wildman–Crippen MR) is 51.8 cm³/mol. The van der Waals surface area contributed by atoms with Crippen LogP contribution in [0.25, 0.3) is 0 Å². The molecule has 0 amide bonds. The Hall–Kier alpha value is -1.27. The number of aliphatic hydroxyl groups is 2. The lowest BCUT2D eigenvalue weighted by Crippen LogP contribution is -2.22. The number of aryl methyl sites for hydroxylation is 1. The third-order valence-corrected chi connectivity index (χ3v) is 2.40. The highest BCUT2D eigenvalue weighted by Gasteiger charge is 2.31. The Bertz CT molecular complexity index is 328. The average molecular weight is 198 g/mol. The molecule has 0 aromatic carbocycles. The Labute approximate surface area is 81.5 Å². The largest absolute Gasteiger partial charge is 0.394 e. The molecule has 0 bridgehead atoms. The lowest BCUT2D eigenvalue weighted by Gasteiger charge is -2.14. The van der Waals surface area contributed by atoms with Crippen LogP contribution in [0.1, 0.15) is 0 Å². The van der Waals surface area contributed by atoms with Gasteiger partial charge in [-0.25, -0.2) is 0 Å². The Kier molecular flexibility index (Phi) is 2.09. The zero-order chi connectivity index (χ0) is 10.3. The summed E-state index contributed by atoms with van der Waals surface area (Å²) in [6.45, 7) is 0.755. The molecule has 1 aliphatic rings. The Balaban J connectivity index is 2.20. The van der Waals surface area contributed by atoms with Crippen LogP contribution in [0.2, 0.25) is 0 Å². The second-order valence-corrected chi connectivity index (χ2v) is 3.62. The van der Waals surface area contributed by atoms with Gasteiger partial charge < -0.3 is 20.8 Å². The number of hydrogen-bond acceptors (Lipinski definition) is 5. The summed E-state index contributed by atoms with van der Waals surface area (Å²) in [7, 11) is 1.78. The molecule has 0 spiro atoms. The van der Waals surface area contributed by atoms with E-state index in [1.165, 1.54) is 0 Å². The first-order valence-electron chi connectivity index (χ1n) is 4.48. The number of aromatic nitrogens is 2. The monoisotopic (exact) mass is 198 g/mol. The van der Waals surface area contributed by atoms with Gasteiger partial charge in [0.15, 0.2) is 5.82 Å². The van der Waals surface area contributed by atoms with Crippen LogP contribution in [-0.4, -0.2) is 45.3 Å². The third kappa shape index (κ3) is 1.42. The average Bonchev–Trinajstić information content (AvgIpc) is 2.57. The minimum Gasteiger partial charge on any atom is -0.394 e. The van der Waals surface area contributed by atoms with Gasteiger partial charge in [-0.05, 0) is 0 Å². The van der Waals surface area contributed by atoms with Crippen LogP contribution in [0.5, 0.6) is 0 Å². The van der Waals surface area contributed by atoms with Crippen LogP contribution in [-0.2, 0) is 7.05 Å². The Morgan fingerprint density at radius 1 is 1.43 bits per heavy atom. The van der Waals surface area contributed by atoms with Crippen molar-refractivity contribution in [1.82, 2.24) is 9.78 Å². The second-order valence-electron chi connectivity index (χ2n) is 3.62. The Morgan fingerprint density at radius 3 is 2.43 bits per heavy atom. The van der Waals surface area contributed by atoms with Crippen LogP contribution in [0.3, 0.4) is 0 Å². The molecule has 1 fully saturated rings. The van der Waals surface area contributed by atoms with E-state index in [2.05, 4.69) is 5.10 Å². The van der Waals surface area contributed by atoms with Crippen molar-refractivity contribution >= 4 is 11.5 Å². The van der Waals surface area contributed by atoms with Crippen molar-refractivity contribution in [3.63, 3.8) is 0 Å². The van der Waals surface area contributed by atoms with Gasteiger partial charge in [-0.2, -0.15) is 5.10 Å². The molecule has 2 heterocycles. The summed E-state index contributed by atoms with van der Waals surface area (Å²) in [5.74, 6) is 0.628. The summed E-state index contributed by atoms with van der Waals surface area (Å²) < 4.78 is 1.61. The fourth-order valence-electron chi connectivity index (χ4n) is 1.68. The van der Waals surface area contributed by atoms with Gasteiger partial charge in [0.25, 0.3) is 0 Å². The van der Waals surface area contributed by atoms with Crippen molar-refractivity contribution in [2.75, 3.05) is 23.7 Å². The summed E-state index contributed by atoms with van der Waals surface area (Å²) in [6.07, 6.45) is 0.277. The van der Waals surface area contributed by atoms with Gasteiger partial charge in [0.1, 0.15) is 0 Å². The van der Waals surface area contributed by atoms with Gasteiger partial charge in [0.05, 0.1) is 17.9 Å². The fraction of sp³-hybridized carbons (Fsp3) is 0.625. The molecule has 2 rings (SSSR count). The first-order chi connectivity index (χ1) is 6.58. The zero-order valence-corrected chi connectivity index (χ0v) is 7.96. The highest BCUT2D eigenvalue weighted by molar-refractivity contribution is 5.62. The minimum absolute atomic E-state index is 0.377. The van der Waals surface area contributed by atoms with Gasteiger partial charge >= 0.3 is 0 Å². The molecule has 1 aliphatic heterocycles. The standard InChI is InChI=1S/C8H14N4O2/c1-11-2-5(9)8(10-11)12-3-6(13)7(14)4-12/h2,6-7,13-14H,3-4,9H2,1H3. The number of nitrogens with zero attached hydrogens (tertiary/aromatic N) is 3. The molecule has 1 aromatic rings. The lowest BCUT2D eigenvalue weighted by molar-refractivity contribution is 0.0572. The van der Waals surface area contributed by atoms with Crippen LogP contribution < -0.4 is 10.6 Å². The molecule has 0 aliphatic carbocycles. The summed E-state index contributed by atoms with van der Waals surface area (Å²) in [4.78, 5) is 1.78. The number of nitrogen functional groups attached to an aromatic ring is 1. The van der Waals surface area contributed by atoms with E-state index in [1.807, 2.05) is 0 Å². The van der Waals surface area contributed by atoms with Crippen LogP contribution in [0.15, 0.2) is 6.20 Å². The molecule has 2 unspecified atom stereocenters. The minimum atomic E-state index is -0.712. The summed E-state index contributed by atoms with van der Waals surface area (Å²) in [5, 5.41) is 22.9. The van der Waals surface area contributed by atoms with Crippen molar-refractivity contribution in [3.05, 3.63) is 6.20 Å². The van der Waals surface area contributed by atoms with Gasteiger partial charge in [-0.1, -0.05) is 0 Å². The first kappa shape index (κ1) is 9.29. The maximum Gasteiger partial charge on any atom is 0.174 e. The summed E-state index contributed by atoms with van der Waals surface area (Å²) in [5.41, 5.74) is 6.29. The zero-order valence-electron chi connectivity index (χ0n) is 7.96. The molecule has 1 aromatic heterocycles. The van der Waals surface area contributed by atoms with E-state index in [4.69, 9.17) is 5.73 Å². The van der Waals surface area contributed by atoms with E-state index in [0.717, 1.165) is 0 Å². The van der Waals surface area contributed by atoms with Crippen LogP contribution in [0, 0.1) is 0 Å². The smallest absolute Gasteiger partial charge is 0.174 e. The number of β-amino-alcohol motifs (C(OH)–C–C–N with tert-alkyl or cyclic N) is 2. The highest BCUT2D eigenvalue weighted by atomic mass is 16.3. The molecule has 6 nitrogen and oxygen atoms in total. The van der Waals surface area contributed by atoms with Gasteiger partial charge in [0.2, 0.25) is 0 Å². The SMILES string of the molecule is Cn1cc(N)c(N2CC(O)C(O)C2)n1. The van der Waals surface area contributed by atoms with Crippen molar-refractivity contribution in [2.24, 2.45) is 7.05 Å². The predicted octanol–water partition coefficient (Wildman–Crippen LogP) is -1.46. The molecule has 4 N–H and O–H groups in total. The molecular formula is C8H14N4O2. The van der Waals surface area contributed by atoms with Gasteiger partial charge in [-0.15, -0.1) is 0 Å². The van der Waals surface area contributed by atoms with E-state index in [9.17, 15) is 10.2 Å². The van der Waals surface area contributed by atoms with Crippen molar-refractivity contribution in [1.29, 1.82) is 0 Å². The lowest BCUT2D eigenvalue weighted by atomic mass is 10.3. The highest BCUT2D eigenvalue weighted by Crippen LogP contribution is 2.24. The quantitative estimate of drug-likeness (QED) is 0.513. The van der Waals surface area contributed by atoms with E-state index in [0.29, 0.717) is 24.6 Å². The van der Waals surface area contributed by atoms with Crippen molar-refractivity contribution in [2.45, 2.75) is 12.2 Å². The topological polar surface area (TPSA) is 87.5 Å². The number of aliphatic hydroxyl groups excluding tert-OH is 2. The molecule has 0 radical (unpaired) electrons. The maximum atomic E-state index is 9.36. The summed E-state index contributed by atoms with van der Waals surface area (Å²) in [6, 6.07) is 0. The number of anilines is 2. The molecular weight excluding hydrogens is 184 g/mol. The van der Waals surface area contributed by atoms with Crippen LogP contribution in [0.4, 0.5) is 11.5 Å². The number of hydrogen-bond donors (Lipinski definition) is 3. The third-order valence-electron chi connectivity index (χ3n) is 2.40. The summed E-state index contributed by atoms with van der Waals surface area (Å²) >= 11 is 0. The number of rotatable bonds is 1. The van der Waals surface area contributed by atoms with E-state index < -0.39 is 12.2 Å². The number of nitrogens with two attached hydrogens (primary N) is 1. The molecule has 2 atom stereocenters. The van der Waals surface area contributed by atoms with Crippen molar-refractivity contribution < 1.29 is 10.2 Å². The maximum absolute atomic E-state index is 9.36. The van der Waals surface area contributed by atoms with E-state index in [-0.39, 0.29) is 0 Å². The molecule has 78 valence electrons. The molecule has 0 saturated carbocycles. The van der Waals surface area contributed by atoms with E-state index in [1.54, 1.807) is 22.8 Å². The molecule has 1 saturated heterocycles. The fourth-order valence-corrected chi connectivity index (χ4v) is 1.68. The second kappa shape index (κ2) is 3.14. The van der Waals surface area contributed by atoms with Gasteiger partial charge in [-0.3, -0.25) is 4.68 Å². The normalized spacial score (nSPS) is 27.2. The van der Waals surface area contributed by atoms with Crippen molar-refractivity contribution in [3.8, 4) is 0 Å². The first-order valence-corrected chi connectivity index (χ1v) is 4.48. The Morgan fingerprint density at radius 2 is 2.00 bits per heavy atom. The van der Waals surface area contributed by atoms with Gasteiger partial charge in [0, 0.05) is 26.3 Å². The molecule has 14 heavy (non-hydrogen) atoms. The van der Waals surface area contributed by atoms with E-state index >= 15 is 0 Å². The van der Waals surface area contributed by atoms with Crippen LogP contribution >= 0.6 is 0 Å².